The zero-order chi connectivity index (χ0) is 18.6. The average molecular weight is 382 g/mol. The maximum Gasteiger partial charge on any atom is 0.331 e. The normalized spacial score (nSPS) is 10.9. The number of halogens is 2. The molecule has 1 heterocycles. The van der Waals surface area contributed by atoms with E-state index in [9.17, 15) is 9.59 Å². The van der Waals surface area contributed by atoms with Gasteiger partial charge in [0.2, 0.25) is 0 Å². The van der Waals surface area contributed by atoms with E-state index in [1.807, 2.05) is 20.9 Å². The smallest absolute Gasteiger partial charge is 0.331 e. The number of nitrogens with one attached hydrogen (secondary N) is 1. The molecule has 1 aromatic carbocycles. The fourth-order valence-corrected chi connectivity index (χ4v) is 2.72. The number of nitrogens with zero attached hydrogens (tertiary/aromatic N) is 2. The van der Waals surface area contributed by atoms with E-state index in [0.29, 0.717) is 15.7 Å². The molecule has 25 heavy (non-hydrogen) atoms. The monoisotopic (exact) mass is 381 g/mol. The quantitative estimate of drug-likeness (QED) is 0.634. The van der Waals surface area contributed by atoms with E-state index in [4.69, 9.17) is 27.9 Å². The van der Waals surface area contributed by atoms with Crippen LogP contribution in [0, 0.1) is 13.8 Å². The van der Waals surface area contributed by atoms with Crippen molar-refractivity contribution >= 4 is 46.8 Å². The molecular weight excluding hydrogens is 365 g/mol. The highest BCUT2D eigenvalue weighted by Gasteiger charge is 2.09. The van der Waals surface area contributed by atoms with Crippen LogP contribution < -0.4 is 5.32 Å². The minimum Gasteiger partial charge on any atom is -0.452 e. The highest BCUT2D eigenvalue weighted by atomic mass is 35.5. The van der Waals surface area contributed by atoms with E-state index >= 15 is 0 Å². The maximum absolute atomic E-state index is 11.8. The Balaban J connectivity index is 1.89. The first-order chi connectivity index (χ1) is 11.8. The van der Waals surface area contributed by atoms with Crippen LogP contribution in [0.1, 0.15) is 17.0 Å². The summed E-state index contributed by atoms with van der Waals surface area (Å²) in [6, 6.07) is 4.63. The van der Waals surface area contributed by atoms with E-state index < -0.39 is 18.5 Å². The van der Waals surface area contributed by atoms with E-state index in [0.717, 1.165) is 17.0 Å². The van der Waals surface area contributed by atoms with Gasteiger partial charge in [0.15, 0.2) is 6.61 Å². The summed E-state index contributed by atoms with van der Waals surface area (Å²) in [5.74, 6) is -1.12. The molecule has 0 spiro atoms. The Morgan fingerprint density at radius 3 is 2.44 bits per heavy atom. The maximum atomic E-state index is 11.8. The molecular formula is C17H17Cl2N3O3. The zero-order valence-electron chi connectivity index (χ0n) is 14.0. The molecule has 2 aromatic rings. The van der Waals surface area contributed by atoms with Crippen LogP contribution in [0.15, 0.2) is 24.3 Å². The molecule has 0 saturated carbocycles. The molecule has 1 amide bonds. The number of rotatable bonds is 5. The third kappa shape index (κ3) is 5.34. The van der Waals surface area contributed by atoms with Gasteiger partial charge < -0.3 is 10.1 Å². The second kappa shape index (κ2) is 8.18. The van der Waals surface area contributed by atoms with Gasteiger partial charge in [0, 0.05) is 40.1 Å². The molecule has 6 nitrogen and oxygen atoms in total. The van der Waals surface area contributed by atoms with E-state index in [2.05, 4.69) is 10.4 Å². The topological polar surface area (TPSA) is 73.2 Å². The van der Waals surface area contributed by atoms with Gasteiger partial charge in [-0.1, -0.05) is 23.2 Å². The van der Waals surface area contributed by atoms with Gasteiger partial charge in [-0.05, 0) is 38.1 Å². The molecule has 0 aliphatic carbocycles. The summed E-state index contributed by atoms with van der Waals surface area (Å²) in [7, 11) is 1.82. The highest BCUT2D eigenvalue weighted by Crippen LogP contribution is 2.22. The third-order valence-corrected chi connectivity index (χ3v) is 3.88. The molecule has 0 aliphatic rings. The van der Waals surface area contributed by atoms with Gasteiger partial charge in [-0.3, -0.25) is 9.48 Å². The molecule has 1 N–H and O–H groups in total. The van der Waals surface area contributed by atoms with E-state index in [1.54, 1.807) is 29.0 Å². The molecule has 1 aromatic heterocycles. The number of aryl methyl sites for hydroxylation is 2. The molecule has 0 bridgehead atoms. The molecule has 0 unspecified atom stereocenters. The Morgan fingerprint density at radius 1 is 1.24 bits per heavy atom. The Morgan fingerprint density at radius 2 is 1.88 bits per heavy atom. The van der Waals surface area contributed by atoms with Crippen molar-refractivity contribution in [2.75, 3.05) is 11.9 Å². The first-order valence-electron chi connectivity index (χ1n) is 7.37. The lowest BCUT2D eigenvalue weighted by Gasteiger charge is -2.06. The number of hydrogen-bond donors (Lipinski definition) is 1. The van der Waals surface area contributed by atoms with Crippen LogP contribution in [0.5, 0.6) is 0 Å². The number of esters is 1. The van der Waals surface area contributed by atoms with E-state index in [1.165, 1.54) is 6.08 Å². The van der Waals surface area contributed by atoms with Crippen LogP contribution in [0.3, 0.4) is 0 Å². The number of benzene rings is 1. The summed E-state index contributed by atoms with van der Waals surface area (Å²) in [6.07, 6.45) is 2.88. The first kappa shape index (κ1) is 19.0. The number of aromatic nitrogens is 2. The fourth-order valence-electron chi connectivity index (χ4n) is 2.19. The van der Waals surface area contributed by atoms with Crippen molar-refractivity contribution in [3.8, 4) is 0 Å². The Labute approximate surface area is 155 Å². The van der Waals surface area contributed by atoms with Crippen molar-refractivity contribution in [2.24, 2.45) is 7.05 Å². The molecule has 0 atom stereocenters. The summed E-state index contributed by atoms with van der Waals surface area (Å²) in [5, 5.41) is 7.59. The number of carbonyl (C=O) groups is 2. The van der Waals surface area contributed by atoms with Gasteiger partial charge in [-0.25, -0.2) is 4.79 Å². The van der Waals surface area contributed by atoms with Gasteiger partial charge in [-0.15, -0.1) is 0 Å². The van der Waals surface area contributed by atoms with Crippen LogP contribution >= 0.6 is 23.2 Å². The average Bonchev–Trinajstić information content (AvgIpc) is 2.75. The Hall–Kier alpha value is -2.31. The largest absolute Gasteiger partial charge is 0.452 e. The Kier molecular flexibility index (Phi) is 6.22. The summed E-state index contributed by atoms with van der Waals surface area (Å²) in [5.41, 5.74) is 3.00. The molecule has 0 fully saturated rings. The predicted molar refractivity (Wildman–Crippen MR) is 97.8 cm³/mol. The van der Waals surface area contributed by atoms with Crippen LogP contribution in [-0.2, 0) is 21.4 Å². The van der Waals surface area contributed by atoms with Crippen LogP contribution in [0.4, 0.5) is 5.69 Å². The number of anilines is 1. The van der Waals surface area contributed by atoms with E-state index in [-0.39, 0.29) is 0 Å². The van der Waals surface area contributed by atoms with Gasteiger partial charge in [-0.2, -0.15) is 5.10 Å². The third-order valence-electron chi connectivity index (χ3n) is 3.44. The molecule has 0 radical (unpaired) electrons. The lowest BCUT2D eigenvalue weighted by molar-refractivity contribution is -0.142. The summed E-state index contributed by atoms with van der Waals surface area (Å²) >= 11 is 11.7. The minimum atomic E-state index is -0.623. The minimum absolute atomic E-state index is 0.393. The number of ether oxygens (including phenoxy) is 1. The van der Waals surface area contributed by atoms with Crippen molar-refractivity contribution in [3.63, 3.8) is 0 Å². The molecule has 8 heteroatoms. The predicted octanol–water partition coefficient (Wildman–Crippen LogP) is 3.54. The lowest BCUT2D eigenvalue weighted by Crippen LogP contribution is -2.20. The molecule has 2 rings (SSSR count). The zero-order valence-corrected chi connectivity index (χ0v) is 15.5. The molecule has 132 valence electrons. The molecule has 0 saturated heterocycles. The van der Waals surface area contributed by atoms with Crippen LogP contribution in [0.2, 0.25) is 10.0 Å². The fraction of sp³-hybridized carbons (Fsp3) is 0.235. The Bertz CT molecular complexity index is 824. The van der Waals surface area contributed by atoms with Crippen molar-refractivity contribution in [1.82, 2.24) is 9.78 Å². The summed E-state index contributed by atoms with van der Waals surface area (Å²) in [6.45, 7) is 3.33. The van der Waals surface area contributed by atoms with Gasteiger partial charge in [0.1, 0.15) is 0 Å². The second-order valence-electron chi connectivity index (χ2n) is 5.36. The van der Waals surface area contributed by atoms with Crippen molar-refractivity contribution in [3.05, 3.63) is 51.3 Å². The highest BCUT2D eigenvalue weighted by molar-refractivity contribution is 6.35. The van der Waals surface area contributed by atoms with Gasteiger partial charge >= 0.3 is 5.97 Å². The van der Waals surface area contributed by atoms with Gasteiger partial charge in [0.05, 0.1) is 5.69 Å². The SMILES string of the molecule is Cc1nn(C)c(C)c1/C=C/C(=O)OCC(=O)Nc1cc(Cl)cc(Cl)c1. The van der Waals surface area contributed by atoms with Crippen LogP contribution in [-0.4, -0.2) is 28.3 Å². The van der Waals surface area contributed by atoms with Crippen molar-refractivity contribution in [1.29, 1.82) is 0 Å². The summed E-state index contributed by atoms with van der Waals surface area (Å²) < 4.78 is 6.64. The standard InChI is InChI=1S/C17H17Cl2N3O3/c1-10-15(11(2)22(3)21-10)4-5-17(24)25-9-16(23)20-14-7-12(18)6-13(19)8-14/h4-8H,9H2,1-3H3,(H,20,23)/b5-4+. The lowest BCUT2D eigenvalue weighted by atomic mass is 10.2. The number of carbonyl (C=O) groups excluding carboxylic acids is 2. The first-order valence-corrected chi connectivity index (χ1v) is 8.13. The van der Waals surface area contributed by atoms with Crippen molar-refractivity contribution in [2.45, 2.75) is 13.8 Å². The van der Waals surface area contributed by atoms with Crippen molar-refractivity contribution < 1.29 is 14.3 Å². The molecule has 0 aliphatic heterocycles. The second-order valence-corrected chi connectivity index (χ2v) is 6.23. The number of hydrogen-bond acceptors (Lipinski definition) is 4. The van der Waals surface area contributed by atoms with Crippen LogP contribution in [0.25, 0.3) is 6.08 Å². The number of amides is 1. The van der Waals surface area contributed by atoms with Gasteiger partial charge in [0.25, 0.3) is 5.91 Å². The summed E-state index contributed by atoms with van der Waals surface area (Å²) in [4.78, 5) is 23.6.